The molecule has 1 unspecified atom stereocenters. The van der Waals surface area contributed by atoms with Crippen LogP contribution in [0.1, 0.15) is 41.2 Å². The molecule has 0 aliphatic heterocycles. The van der Waals surface area contributed by atoms with Crippen LogP contribution in [0.4, 0.5) is 11.4 Å². The molecular formula is C28H30N2O2. The number of phenols is 1. The highest BCUT2D eigenvalue weighted by atomic mass is 16.3. The van der Waals surface area contributed by atoms with Crippen LogP contribution < -0.4 is 11.5 Å². The van der Waals surface area contributed by atoms with E-state index in [1.165, 1.54) is 16.7 Å². The van der Waals surface area contributed by atoms with Crippen molar-refractivity contribution in [2.24, 2.45) is 0 Å². The highest BCUT2D eigenvalue weighted by Gasteiger charge is 2.18. The Hall–Kier alpha value is -3.50. The summed E-state index contributed by atoms with van der Waals surface area (Å²) in [5.74, 6) is 0.263. The molecule has 4 rings (SSSR count). The molecule has 1 atom stereocenters. The lowest BCUT2D eigenvalue weighted by Gasteiger charge is -2.21. The van der Waals surface area contributed by atoms with E-state index in [9.17, 15) is 10.2 Å². The summed E-state index contributed by atoms with van der Waals surface area (Å²) in [7, 11) is 0. The Morgan fingerprint density at radius 1 is 0.781 bits per heavy atom. The van der Waals surface area contributed by atoms with Gasteiger partial charge in [-0.2, -0.15) is 0 Å². The Balaban J connectivity index is 1.50. The van der Waals surface area contributed by atoms with Crippen LogP contribution in [-0.2, 0) is 19.3 Å². The van der Waals surface area contributed by atoms with Crippen molar-refractivity contribution in [3.63, 3.8) is 0 Å². The highest BCUT2D eigenvalue weighted by molar-refractivity contribution is 5.54. The summed E-state index contributed by atoms with van der Waals surface area (Å²) in [4.78, 5) is 0. The normalized spacial score (nSPS) is 17.9. The first kappa shape index (κ1) is 21.7. The Kier molecular flexibility index (Phi) is 6.06. The van der Waals surface area contributed by atoms with E-state index in [0.29, 0.717) is 6.42 Å². The molecule has 0 aromatic heterocycles. The SMILES string of the molecule is CC1(O)C=CC(Cc2cc(Cc3ccc(N)c(Cc4ccc(O)cc4)c3)ccc2N)=CC1. The molecule has 3 aromatic rings. The number of hydrogen-bond acceptors (Lipinski definition) is 4. The van der Waals surface area contributed by atoms with Gasteiger partial charge in [0.05, 0.1) is 5.60 Å². The van der Waals surface area contributed by atoms with Gasteiger partial charge in [0, 0.05) is 11.4 Å². The van der Waals surface area contributed by atoms with Gasteiger partial charge < -0.3 is 21.7 Å². The lowest BCUT2D eigenvalue weighted by molar-refractivity contribution is 0.113. The van der Waals surface area contributed by atoms with Gasteiger partial charge in [-0.25, -0.2) is 0 Å². The summed E-state index contributed by atoms with van der Waals surface area (Å²) in [6.07, 6.45) is 8.81. The van der Waals surface area contributed by atoms with Gasteiger partial charge in [0.15, 0.2) is 0 Å². The Bertz CT molecular complexity index is 1170. The summed E-state index contributed by atoms with van der Waals surface area (Å²) in [6.45, 7) is 1.81. The number of anilines is 2. The zero-order valence-electron chi connectivity index (χ0n) is 18.4. The number of aromatic hydroxyl groups is 1. The van der Waals surface area contributed by atoms with Crippen LogP contribution in [0.2, 0.25) is 0 Å². The quantitative estimate of drug-likeness (QED) is 0.421. The maximum Gasteiger partial charge on any atom is 0.115 e. The highest BCUT2D eigenvalue weighted by Crippen LogP contribution is 2.26. The van der Waals surface area contributed by atoms with Crippen molar-refractivity contribution in [3.8, 4) is 5.75 Å². The van der Waals surface area contributed by atoms with Gasteiger partial charge in [-0.1, -0.05) is 54.6 Å². The second-order valence-corrected chi connectivity index (χ2v) is 8.94. The van der Waals surface area contributed by atoms with Crippen LogP contribution >= 0.6 is 0 Å². The third-order valence-electron chi connectivity index (χ3n) is 5.98. The van der Waals surface area contributed by atoms with E-state index < -0.39 is 5.60 Å². The molecule has 0 spiro atoms. The molecule has 0 bridgehead atoms. The monoisotopic (exact) mass is 426 g/mol. The van der Waals surface area contributed by atoms with Crippen LogP contribution in [0.3, 0.4) is 0 Å². The van der Waals surface area contributed by atoms with Crippen molar-refractivity contribution in [2.75, 3.05) is 11.5 Å². The van der Waals surface area contributed by atoms with Crippen LogP contribution in [0.5, 0.6) is 5.75 Å². The summed E-state index contributed by atoms with van der Waals surface area (Å²) in [5, 5.41) is 19.6. The van der Waals surface area contributed by atoms with E-state index >= 15 is 0 Å². The maximum absolute atomic E-state index is 10.1. The Morgan fingerprint density at radius 2 is 1.34 bits per heavy atom. The summed E-state index contributed by atoms with van der Waals surface area (Å²) < 4.78 is 0. The second kappa shape index (κ2) is 8.93. The molecule has 0 saturated heterocycles. The van der Waals surface area contributed by atoms with E-state index in [-0.39, 0.29) is 5.75 Å². The fraction of sp³-hybridized carbons (Fsp3) is 0.214. The molecule has 0 amide bonds. The number of hydrogen-bond donors (Lipinski definition) is 4. The van der Waals surface area contributed by atoms with Crippen LogP contribution in [0.15, 0.2) is 84.5 Å². The lowest BCUT2D eigenvalue weighted by atomic mass is 9.90. The minimum Gasteiger partial charge on any atom is -0.508 e. The number of nitrogen functional groups attached to an aromatic ring is 2. The fourth-order valence-electron chi connectivity index (χ4n) is 4.03. The first-order chi connectivity index (χ1) is 15.3. The molecule has 1 aliphatic carbocycles. The largest absolute Gasteiger partial charge is 0.508 e. The first-order valence-electron chi connectivity index (χ1n) is 10.9. The van der Waals surface area contributed by atoms with Gasteiger partial charge in [0.25, 0.3) is 0 Å². The Morgan fingerprint density at radius 3 is 1.91 bits per heavy atom. The molecule has 1 aliphatic rings. The number of allylic oxidation sites excluding steroid dienone is 2. The molecule has 3 aromatic carbocycles. The van der Waals surface area contributed by atoms with Crippen LogP contribution in [-0.4, -0.2) is 15.8 Å². The number of nitrogens with two attached hydrogens (primary N) is 2. The lowest BCUT2D eigenvalue weighted by Crippen LogP contribution is -2.21. The third kappa shape index (κ3) is 5.40. The molecule has 164 valence electrons. The molecule has 6 N–H and O–H groups in total. The number of phenolic OH excluding ortho intramolecular Hbond substituents is 1. The van der Waals surface area contributed by atoms with Crippen molar-refractivity contribution in [2.45, 2.75) is 38.2 Å². The number of rotatable bonds is 6. The van der Waals surface area contributed by atoms with Crippen molar-refractivity contribution in [3.05, 3.63) is 112 Å². The average molecular weight is 427 g/mol. The van der Waals surface area contributed by atoms with Crippen molar-refractivity contribution >= 4 is 11.4 Å². The topological polar surface area (TPSA) is 92.5 Å². The second-order valence-electron chi connectivity index (χ2n) is 8.94. The molecule has 4 heteroatoms. The summed E-state index contributed by atoms with van der Waals surface area (Å²) in [5.41, 5.74) is 20.1. The van der Waals surface area contributed by atoms with Gasteiger partial charge in [-0.05, 0) is 90.3 Å². The molecule has 4 nitrogen and oxygen atoms in total. The predicted octanol–water partition coefficient (Wildman–Crippen LogP) is 4.92. The van der Waals surface area contributed by atoms with Gasteiger partial charge in [-0.3, -0.25) is 0 Å². The molecule has 0 radical (unpaired) electrons. The summed E-state index contributed by atoms with van der Waals surface area (Å²) in [6, 6.07) is 19.6. The molecule has 0 heterocycles. The van der Waals surface area contributed by atoms with Crippen LogP contribution in [0, 0.1) is 0 Å². The minimum absolute atomic E-state index is 0.263. The molecular weight excluding hydrogens is 396 g/mol. The smallest absolute Gasteiger partial charge is 0.115 e. The van der Waals surface area contributed by atoms with E-state index in [1.807, 2.05) is 43.3 Å². The first-order valence-corrected chi connectivity index (χ1v) is 10.9. The van der Waals surface area contributed by atoms with Crippen molar-refractivity contribution < 1.29 is 10.2 Å². The molecule has 0 fully saturated rings. The zero-order valence-corrected chi connectivity index (χ0v) is 18.4. The zero-order chi connectivity index (χ0) is 22.7. The number of benzene rings is 3. The van der Waals surface area contributed by atoms with E-state index in [0.717, 1.165) is 47.3 Å². The summed E-state index contributed by atoms with van der Waals surface area (Å²) >= 11 is 0. The molecule has 0 saturated carbocycles. The fourth-order valence-corrected chi connectivity index (χ4v) is 4.03. The maximum atomic E-state index is 10.1. The van der Waals surface area contributed by atoms with Gasteiger partial charge in [0.2, 0.25) is 0 Å². The van der Waals surface area contributed by atoms with Crippen molar-refractivity contribution in [1.29, 1.82) is 0 Å². The van der Waals surface area contributed by atoms with E-state index in [4.69, 9.17) is 11.5 Å². The third-order valence-corrected chi connectivity index (χ3v) is 5.98. The van der Waals surface area contributed by atoms with Gasteiger partial charge in [0.1, 0.15) is 5.75 Å². The average Bonchev–Trinajstić information content (AvgIpc) is 2.76. The predicted molar refractivity (Wildman–Crippen MR) is 132 cm³/mol. The minimum atomic E-state index is -0.760. The van der Waals surface area contributed by atoms with Crippen molar-refractivity contribution in [1.82, 2.24) is 0 Å². The van der Waals surface area contributed by atoms with E-state index in [1.54, 1.807) is 12.1 Å². The molecule has 32 heavy (non-hydrogen) atoms. The van der Waals surface area contributed by atoms with Gasteiger partial charge in [-0.15, -0.1) is 0 Å². The van der Waals surface area contributed by atoms with Gasteiger partial charge >= 0.3 is 0 Å². The van der Waals surface area contributed by atoms with E-state index in [2.05, 4.69) is 30.3 Å². The standard InChI is InChI=1S/C28H30N2O2/c1-28(32)12-10-20(11-13-28)16-24-18-22(5-9-27(24)30)14-21-4-8-26(29)23(17-21)15-19-2-6-25(31)7-3-19/h2-12,17-18,31-32H,13-16,29-30H2,1H3. The van der Waals surface area contributed by atoms with Crippen LogP contribution in [0.25, 0.3) is 0 Å². The number of aliphatic hydroxyl groups is 1. The Labute approximate surface area is 189 Å².